The maximum atomic E-state index is 9.94. The Bertz CT molecular complexity index is 377. The van der Waals surface area contributed by atoms with Crippen LogP contribution in [0.3, 0.4) is 0 Å². The lowest BCUT2D eigenvalue weighted by Gasteiger charge is -2.08. The van der Waals surface area contributed by atoms with Gasteiger partial charge in [0.15, 0.2) is 0 Å². The molecule has 0 fully saturated rings. The summed E-state index contributed by atoms with van der Waals surface area (Å²) < 4.78 is 0. The van der Waals surface area contributed by atoms with Crippen molar-refractivity contribution in [2.24, 2.45) is 10.8 Å². The number of guanidine groups is 1. The van der Waals surface area contributed by atoms with Crippen molar-refractivity contribution in [3.8, 4) is 0 Å². The van der Waals surface area contributed by atoms with E-state index in [9.17, 15) is 4.79 Å². The Morgan fingerprint density at radius 2 is 1.94 bits per heavy atom. The van der Waals surface area contributed by atoms with Crippen molar-refractivity contribution < 1.29 is 4.79 Å². The van der Waals surface area contributed by atoms with Crippen LogP contribution in [0.2, 0.25) is 10.0 Å². The van der Waals surface area contributed by atoms with Gasteiger partial charge in [0.1, 0.15) is 0 Å². The van der Waals surface area contributed by atoms with E-state index < -0.39 is 0 Å². The molecular formula is C8H9Cl3N4O. The number of para-hydroxylation sites is 1. The van der Waals surface area contributed by atoms with E-state index in [4.69, 9.17) is 28.9 Å². The number of anilines is 1. The molecule has 0 aliphatic carbocycles. The maximum absolute atomic E-state index is 9.94. The molecule has 0 aliphatic heterocycles. The average molecular weight is 284 g/mol. The first-order valence-electron chi connectivity index (χ1n) is 3.88. The van der Waals surface area contributed by atoms with Gasteiger partial charge in [-0.25, -0.2) is 5.43 Å². The first kappa shape index (κ1) is 14.8. The van der Waals surface area contributed by atoms with E-state index in [1.54, 1.807) is 18.2 Å². The SMILES string of the molecule is Cl.N/C(=N\NC=O)Nc1c(Cl)cccc1Cl. The second-order valence-electron chi connectivity index (χ2n) is 2.47. The van der Waals surface area contributed by atoms with Crippen molar-refractivity contribution in [2.75, 3.05) is 5.32 Å². The Morgan fingerprint density at radius 1 is 1.38 bits per heavy atom. The number of hydrogen-bond donors (Lipinski definition) is 3. The fourth-order valence-corrected chi connectivity index (χ4v) is 1.36. The molecule has 5 nitrogen and oxygen atoms in total. The van der Waals surface area contributed by atoms with Gasteiger partial charge in [-0.05, 0) is 12.1 Å². The summed E-state index contributed by atoms with van der Waals surface area (Å²) >= 11 is 11.7. The fraction of sp³-hybridized carbons (Fsp3) is 0. The number of hydrogen-bond acceptors (Lipinski definition) is 2. The van der Waals surface area contributed by atoms with Crippen LogP contribution in [0, 0.1) is 0 Å². The molecule has 1 amide bonds. The summed E-state index contributed by atoms with van der Waals surface area (Å²) in [5.74, 6) is -0.0166. The molecule has 8 heteroatoms. The smallest absolute Gasteiger partial charge is 0.227 e. The molecular weight excluding hydrogens is 274 g/mol. The summed E-state index contributed by atoms with van der Waals surface area (Å²) in [6.07, 6.45) is 0.392. The van der Waals surface area contributed by atoms with Gasteiger partial charge < -0.3 is 11.1 Å². The third-order valence-electron chi connectivity index (χ3n) is 1.45. The van der Waals surface area contributed by atoms with Crippen molar-refractivity contribution in [3.05, 3.63) is 28.2 Å². The lowest BCUT2D eigenvalue weighted by molar-refractivity contribution is -0.109. The van der Waals surface area contributed by atoms with E-state index in [1.807, 2.05) is 5.43 Å². The first-order chi connectivity index (χ1) is 7.15. The lowest BCUT2D eigenvalue weighted by atomic mass is 10.3. The number of nitrogens with one attached hydrogen (secondary N) is 2. The topological polar surface area (TPSA) is 79.5 Å². The van der Waals surface area contributed by atoms with Gasteiger partial charge in [0.25, 0.3) is 0 Å². The van der Waals surface area contributed by atoms with Crippen molar-refractivity contribution in [1.82, 2.24) is 5.43 Å². The molecule has 0 radical (unpaired) electrons. The molecule has 16 heavy (non-hydrogen) atoms. The normalized spacial score (nSPS) is 10.2. The molecule has 0 heterocycles. The summed E-state index contributed by atoms with van der Waals surface area (Å²) in [5.41, 5.74) is 7.91. The second-order valence-corrected chi connectivity index (χ2v) is 3.28. The Balaban J connectivity index is 0.00000225. The van der Waals surface area contributed by atoms with Crippen LogP contribution in [0.25, 0.3) is 0 Å². The van der Waals surface area contributed by atoms with Crippen molar-refractivity contribution in [1.29, 1.82) is 0 Å². The number of halogens is 3. The van der Waals surface area contributed by atoms with E-state index in [0.717, 1.165) is 0 Å². The molecule has 0 spiro atoms. The number of carbonyl (C=O) groups is 1. The Morgan fingerprint density at radius 3 is 2.44 bits per heavy atom. The number of nitrogens with zero attached hydrogens (tertiary/aromatic N) is 1. The van der Waals surface area contributed by atoms with Gasteiger partial charge in [-0.3, -0.25) is 4.79 Å². The quantitative estimate of drug-likeness (QED) is 0.342. The van der Waals surface area contributed by atoms with E-state index >= 15 is 0 Å². The number of amides is 1. The standard InChI is InChI=1S/C8H8Cl2N4O.ClH/c9-5-2-1-3-6(10)7(5)13-8(11)14-12-4-15;/h1-4H,(H,12,15)(H3,11,13,14);1H. The molecule has 0 saturated heterocycles. The minimum Gasteiger partial charge on any atom is -0.368 e. The minimum absolute atomic E-state index is 0. The summed E-state index contributed by atoms with van der Waals surface area (Å²) in [6.45, 7) is 0. The van der Waals surface area contributed by atoms with Crippen molar-refractivity contribution >= 4 is 53.7 Å². The van der Waals surface area contributed by atoms with Crippen LogP contribution in [0.4, 0.5) is 5.69 Å². The van der Waals surface area contributed by atoms with Gasteiger partial charge in [-0.2, -0.15) is 0 Å². The number of hydrazone groups is 1. The van der Waals surface area contributed by atoms with E-state index in [2.05, 4.69) is 10.4 Å². The van der Waals surface area contributed by atoms with Gasteiger partial charge in [0.05, 0.1) is 15.7 Å². The maximum Gasteiger partial charge on any atom is 0.227 e. The number of rotatable bonds is 3. The van der Waals surface area contributed by atoms with Crippen LogP contribution in [0.15, 0.2) is 23.3 Å². The molecule has 0 unspecified atom stereocenters. The minimum atomic E-state index is -0.0166. The van der Waals surface area contributed by atoms with E-state index in [-0.39, 0.29) is 18.4 Å². The van der Waals surface area contributed by atoms with E-state index in [1.165, 1.54) is 0 Å². The Hall–Kier alpha value is -1.17. The van der Waals surface area contributed by atoms with Crippen LogP contribution in [0.1, 0.15) is 0 Å². The van der Waals surface area contributed by atoms with Crippen LogP contribution in [0.5, 0.6) is 0 Å². The highest BCUT2D eigenvalue weighted by molar-refractivity contribution is 6.39. The highest BCUT2D eigenvalue weighted by Crippen LogP contribution is 2.29. The number of carbonyl (C=O) groups excluding carboxylic acids is 1. The van der Waals surface area contributed by atoms with Gasteiger partial charge in [-0.1, -0.05) is 29.3 Å². The summed E-state index contributed by atoms with van der Waals surface area (Å²) in [6, 6.07) is 5.00. The number of nitrogens with two attached hydrogens (primary N) is 1. The number of benzene rings is 1. The predicted molar refractivity (Wildman–Crippen MR) is 68.2 cm³/mol. The van der Waals surface area contributed by atoms with Gasteiger partial charge in [-0.15, -0.1) is 17.5 Å². The predicted octanol–water partition coefficient (Wildman–Crippen LogP) is 1.80. The third kappa shape index (κ3) is 4.14. The highest BCUT2D eigenvalue weighted by Gasteiger charge is 2.05. The first-order valence-corrected chi connectivity index (χ1v) is 4.64. The molecule has 0 atom stereocenters. The molecule has 1 aromatic carbocycles. The zero-order valence-electron chi connectivity index (χ0n) is 7.91. The van der Waals surface area contributed by atoms with Gasteiger partial charge >= 0.3 is 0 Å². The van der Waals surface area contributed by atoms with Crippen molar-refractivity contribution in [2.45, 2.75) is 0 Å². The monoisotopic (exact) mass is 282 g/mol. The summed E-state index contributed by atoms with van der Waals surface area (Å²) in [7, 11) is 0. The molecule has 0 saturated carbocycles. The lowest BCUT2D eigenvalue weighted by Crippen LogP contribution is -2.25. The zero-order chi connectivity index (χ0) is 11.3. The zero-order valence-corrected chi connectivity index (χ0v) is 10.2. The fourth-order valence-electron chi connectivity index (χ4n) is 0.869. The summed E-state index contributed by atoms with van der Waals surface area (Å²) in [5, 5.41) is 6.94. The molecule has 1 rings (SSSR count). The Kier molecular flexibility index (Phi) is 6.64. The second kappa shape index (κ2) is 7.16. The largest absolute Gasteiger partial charge is 0.368 e. The molecule has 1 aromatic rings. The Labute approximate surface area is 108 Å². The van der Waals surface area contributed by atoms with Crippen LogP contribution in [-0.4, -0.2) is 12.4 Å². The van der Waals surface area contributed by atoms with Crippen LogP contribution in [-0.2, 0) is 4.79 Å². The van der Waals surface area contributed by atoms with Crippen molar-refractivity contribution in [3.63, 3.8) is 0 Å². The molecule has 0 aliphatic rings. The highest BCUT2D eigenvalue weighted by atomic mass is 35.5. The molecule has 0 bridgehead atoms. The van der Waals surface area contributed by atoms with Gasteiger partial charge in [0.2, 0.25) is 12.4 Å². The average Bonchev–Trinajstić information content (AvgIpc) is 2.21. The van der Waals surface area contributed by atoms with Crippen LogP contribution < -0.4 is 16.5 Å². The van der Waals surface area contributed by atoms with Crippen LogP contribution >= 0.6 is 35.6 Å². The molecule has 88 valence electrons. The third-order valence-corrected chi connectivity index (χ3v) is 2.08. The molecule has 0 aromatic heterocycles. The van der Waals surface area contributed by atoms with Gasteiger partial charge in [0, 0.05) is 0 Å². The van der Waals surface area contributed by atoms with E-state index in [0.29, 0.717) is 22.1 Å². The summed E-state index contributed by atoms with van der Waals surface area (Å²) in [4.78, 5) is 9.94. The molecule has 4 N–H and O–H groups in total.